The summed E-state index contributed by atoms with van der Waals surface area (Å²) in [6, 6.07) is 16.4. The predicted molar refractivity (Wildman–Crippen MR) is 101 cm³/mol. The van der Waals surface area contributed by atoms with Crippen molar-refractivity contribution in [3.63, 3.8) is 0 Å². The number of nitrogens with zero attached hydrogens (tertiary/aromatic N) is 2. The molecule has 0 N–H and O–H groups in total. The van der Waals surface area contributed by atoms with Crippen LogP contribution in [0.5, 0.6) is 0 Å². The molecule has 0 unspecified atom stereocenters. The second-order valence-corrected chi connectivity index (χ2v) is 6.44. The van der Waals surface area contributed by atoms with E-state index in [-0.39, 0.29) is 17.8 Å². The van der Waals surface area contributed by atoms with Crippen LogP contribution in [-0.4, -0.2) is 52.7 Å². The van der Waals surface area contributed by atoms with Crippen molar-refractivity contribution in [3.8, 4) is 0 Å². The average molecular weight is 396 g/mol. The molecule has 0 aromatic heterocycles. The Balaban J connectivity index is 1.89. The van der Waals surface area contributed by atoms with E-state index in [1.807, 2.05) is 0 Å². The first kappa shape index (κ1) is 20.1. The van der Waals surface area contributed by atoms with Gasteiger partial charge in [0.25, 0.3) is 0 Å². The van der Waals surface area contributed by atoms with E-state index < -0.39 is 36.2 Å². The van der Waals surface area contributed by atoms with E-state index in [1.165, 1.54) is 23.6 Å². The molecule has 0 spiro atoms. The molecule has 29 heavy (non-hydrogen) atoms. The molecule has 0 bridgehead atoms. The lowest BCUT2D eigenvalue weighted by atomic mass is 10.2. The van der Waals surface area contributed by atoms with Crippen LogP contribution in [0.1, 0.15) is 34.6 Å². The number of hydrogen-bond donors (Lipinski definition) is 0. The molecule has 3 rings (SSSR count). The first-order valence-electron chi connectivity index (χ1n) is 8.95. The summed E-state index contributed by atoms with van der Waals surface area (Å²) in [5, 5.41) is 0. The lowest BCUT2D eigenvalue weighted by Crippen LogP contribution is -2.45. The molecule has 1 saturated heterocycles. The van der Waals surface area contributed by atoms with Crippen LogP contribution in [-0.2, 0) is 19.1 Å². The fourth-order valence-electron chi connectivity index (χ4n) is 2.94. The zero-order valence-corrected chi connectivity index (χ0v) is 16.0. The Hall–Kier alpha value is -3.68. The molecule has 2 amide bonds. The van der Waals surface area contributed by atoms with Crippen molar-refractivity contribution < 1.29 is 28.7 Å². The molecule has 150 valence electrons. The molecule has 0 radical (unpaired) electrons. The number of benzene rings is 2. The molecule has 1 heterocycles. The van der Waals surface area contributed by atoms with Crippen molar-refractivity contribution in [1.29, 1.82) is 0 Å². The fourth-order valence-corrected chi connectivity index (χ4v) is 2.94. The van der Waals surface area contributed by atoms with Gasteiger partial charge >= 0.3 is 11.9 Å². The van der Waals surface area contributed by atoms with Gasteiger partial charge in [-0.3, -0.25) is 19.4 Å². The summed E-state index contributed by atoms with van der Waals surface area (Å²) in [5.41, 5.74) is 0.538. The van der Waals surface area contributed by atoms with Crippen LogP contribution < -0.4 is 0 Å². The van der Waals surface area contributed by atoms with Gasteiger partial charge in [0.2, 0.25) is 24.3 Å². The van der Waals surface area contributed by atoms with E-state index in [2.05, 4.69) is 0 Å². The summed E-state index contributed by atoms with van der Waals surface area (Å²) in [6.07, 6.45) is -2.53. The molecule has 0 saturated carbocycles. The highest BCUT2D eigenvalue weighted by Gasteiger charge is 2.48. The molecule has 2 atom stereocenters. The standard InChI is InChI=1S/C21H20N2O6/c1-14(24)22-13-23(15(2)25)19(29-21(27)17-11-7-4-8-12-17)18(22)28-20(26)16-9-5-3-6-10-16/h3-12,18-19H,13H2,1-2H3/t18-,19-/m1/s1. The Bertz CT molecular complexity index is 840. The minimum atomic E-state index is -1.27. The van der Waals surface area contributed by atoms with Crippen LogP contribution >= 0.6 is 0 Å². The Labute approximate surface area is 167 Å². The van der Waals surface area contributed by atoms with Crippen LogP contribution in [0, 0.1) is 0 Å². The van der Waals surface area contributed by atoms with Gasteiger partial charge in [0.05, 0.1) is 11.1 Å². The quantitative estimate of drug-likeness (QED) is 0.734. The lowest BCUT2D eigenvalue weighted by molar-refractivity contribution is -0.145. The monoisotopic (exact) mass is 396 g/mol. The maximum Gasteiger partial charge on any atom is 0.340 e. The molecule has 1 aliphatic rings. The highest BCUT2D eigenvalue weighted by molar-refractivity contribution is 5.91. The zero-order chi connectivity index (χ0) is 21.0. The van der Waals surface area contributed by atoms with Crippen molar-refractivity contribution in [2.75, 3.05) is 6.67 Å². The van der Waals surface area contributed by atoms with Gasteiger partial charge in [-0.25, -0.2) is 9.59 Å². The normalized spacial score (nSPS) is 18.3. The van der Waals surface area contributed by atoms with Gasteiger partial charge in [0, 0.05) is 13.8 Å². The lowest BCUT2D eigenvalue weighted by Gasteiger charge is -2.26. The highest BCUT2D eigenvalue weighted by Crippen LogP contribution is 2.25. The summed E-state index contributed by atoms with van der Waals surface area (Å²) in [7, 11) is 0. The summed E-state index contributed by atoms with van der Waals surface area (Å²) < 4.78 is 11.0. The molecule has 1 aliphatic heterocycles. The van der Waals surface area contributed by atoms with Crippen molar-refractivity contribution >= 4 is 23.8 Å². The van der Waals surface area contributed by atoms with Gasteiger partial charge in [-0.1, -0.05) is 36.4 Å². The third-order valence-corrected chi connectivity index (χ3v) is 4.45. The molecule has 8 nitrogen and oxygen atoms in total. The van der Waals surface area contributed by atoms with Gasteiger partial charge in [-0.2, -0.15) is 0 Å². The van der Waals surface area contributed by atoms with E-state index in [1.54, 1.807) is 60.7 Å². The van der Waals surface area contributed by atoms with E-state index in [0.717, 1.165) is 0 Å². The Morgan fingerprint density at radius 1 is 0.690 bits per heavy atom. The number of amides is 2. The number of esters is 2. The molecule has 2 aromatic carbocycles. The van der Waals surface area contributed by atoms with E-state index in [4.69, 9.17) is 9.47 Å². The minimum absolute atomic E-state index is 0.163. The van der Waals surface area contributed by atoms with Gasteiger partial charge in [-0.05, 0) is 24.3 Å². The summed E-state index contributed by atoms with van der Waals surface area (Å²) in [5.74, 6) is -2.26. The highest BCUT2D eigenvalue weighted by atomic mass is 16.6. The summed E-state index contributed by atoms with van der Waals surface area (Å²) in [4.78, 5) is 51.6. The van der Waals surface area contributed by atoms with Gasteiger partial charge < -0.3 is 9.47 Å². The predicted octanol–water partition coefficient (Wildman–Crippen LogP) is 2.02. The van der Waals surface area contributed by atoms with Crippen molar-refractivity contribution in [2.24, 2.45) is 0 Å². The smallest absolute Gasteiger partial charge is 0.340 e. The largest absolute Gasteiger partial charge is 0.432 e. The number of ether oxygens (including phenoxy) is 2. The SMILES string of the molecule is CC(=O)N1CN(C(C)=O)[C@H](OC(=O)c2ccccc2)[C@H]1OC(=O)c1ccccc1. The molecular formula is C21H20N2O6. The summed E-state index contributed by atoms with van der Waals surface area (Å²) in [6.45, 7) is 2.40. The van der Waals surface area contributed by atoms with E-state index in [9.17, 15) is 19.2 Å². The van der Waals surface area contributed by atoms with E-state index in [0.29, 0.717) is 0 Å². The van der Waals surface area contributed by atoms with Crippen molar-refractivity contribution in [1.82, 2.24) is 9.80 Å². The molecular weight excluding hydrogens is 376 g/mol. The van der Waals surface area contributed by atoms with Crippen LogP contribution in [0.3, 0.4) is 0 Å². The topological polar surface area (TPSA) is 93.2 Å². The Kier molecular flexibility index (Phi) is 5.92. The van der Waals surface area contributed by atoms with Gasteiger partial charge in [0.1, 0.15) is 6.67 Å². The molecule has 1 fully saturated rings. The Morgan fingerprint density at radius 2 is 1.03 bits per heavy atom. The van der Waals surface area contributed by atoms with Crippen LogP contribution in [0.15, 0.2) is 60.7 Å². The van der Waals surface area contributed by atoms with Crippen LogP contribution in [0.25, 0.3) is 0 Å². The van der Waals surface area contributed by atoms with Crippen molar-refractivity contribution in [2.45, 2.75) is 26.3 Å². The minimum Gasteiger partial charge on any atom is -0.432 e. The number of hydrogen-bond acceptors (Lipinski definition) is 6. The second kappa shape index (κ2) is 8.55. The van der Waals surface area contributed by atoms with Gasteiger partial charge in [-0.15, -0.1) is 0 Å². The van der Waals surface area contributed by atoms with E-state index >= 15 is 0 Å². The van der Waals surface area contributed by atoms with Gasteiger partial charge in [0.15, 0.2) is 0 Å². The second-order valence-electron chi connectivity index (χ2n) is 6.44. The first-order chi connectivity index (χ1) is 13.9. The zero-order valence-electron chi connectivity index (χ0n) is 16.0. The number of rotatable bonds is 4. The summed E-state index contributed by atoms with van der Waals surface area (Å²) >= 11 is 0. The van der Waals surface area contributed by atoms with Crippen LogP contribution in [0.2, 0.25) is 0 Å². The maximum atomic E-state index is 12.5. The van der Waals surface area contributed by atoms with Crippen molar-refractivity contribution in [3.05, 3.63) is 71.8 Å². The number of carbonyl (C=O) groups is 4. The average Bonchev–Trinajstić information content (AvgIpc) is 3.07. The van der Waals surface area contributed by atoms with Crippen LogP contribution in [0.4, 0.5) is 0 Å². The molecule has 8 heteroatoms. The molecule has 0 aliphatic carbocycles. The maximum absolute atomic E-state index is 12.5. The molecule has 2 aromatic rings. The number of carbonyl (C=O) groups excluding carboxylic acids is 4. The third-order valence-electron chi connectivity index (χ3n) is 4.45. The Morgan fingerprint density at radius 3 is 1.34 bits per heavy atom. The fraction of sp³-hybridized carbons (Fsp3) is 0.238. The first-order valence-corrected chi connectivity index (χ1v) is 8.95. The third kappa shape index (κ3) is 4.43.